The highest BCUT2D eigenvalue weighted by molar-refractivity contribution is 6.42. The van der Waals surface area contributed by atoms with Crippen molar-refractivity contribution >= 4 is 29.1 Å². The minimum absolute atomic E-state index is 0.0508. The van der Waals surface area contributed by atoms with Crippen molar-refractivity contribution in [3.05, 3.63) is 46.2 Å². The van der Waals surface area contributed by atoms with Crippen molar-refractivity contribution in [1.82, 2.24) is 14.7 Å². The summed E-state index contributed by atoms with van der Waals surface area (Å²) in [6, 6.07) is 6.96. The van der Waals surface area contributed by atoms with Crippen LogP contribution in [0, 0.1) is 0 Å². The standard InChI is InChI=1S/C15H16Cl2N4O/c16-12-4-3-11(8-13(12)17)21-7-5-14(19-21)15(22)20-6-1-2-10(18)9-20/h3-5,7-8,10H,1-2,6,9,18H2. The topological polar surface area (TPSA) is 64.2 Å². The van der Waals surface area contributed by atoms with Crippen LogP contribution in [-0.4, -0.2) is 39.7 Å². The first-order valence-corrected chi connectivity index (χ1v) is 7.86. The lowest BCUT2D eigenvalue weighted by molar-refractivity contribution is 0.0702. The molecule has 1 unspecified atom stereocenters. The number of halogens is 2. The summed E-state index contributed by atoms with van der Waals surface area (Å²) < 4.78 is 1.61. The van der Waals surface area contributed by atoms with Crippen LogP contribution in [0.5, 0.6) is 0 Å². The number of hydrogen-bond donors (Lipinski definition) is 1. The fourth-order valence-corrected chi connectivity index (χ4v) is 2.86. The third kappa shape index (κ3) is 3.11. The van der Waals surface area contributed by atoms with Crippen molar-refractivity contribution in [1.29, 1.82) is 0 Å². The Hall–Kier alpha value is -1.56. The normalized spacial score (nSPS) is 18.5. The second-order valence-electron chi connectivity index (χ2n) is 5.40. The Bertz CT molecular complexity index is 701. The van der Waals surface area contributed by atoms with Crippen LogP contribution in [0.3, 0.4) is 0 Å². The fraction of sp³-hybridized carbons (Fsp3) is 0.333. The fourth-order valence-electron chi connectivity index (χ4n) is 2.57. The third-order valence-corrected chi connectivity index (χ3v) is 4.46. The SMILES string of the molecule is NC1CCCN(C(=O)c2ccn(-c3ccc(Cl)c(Cl)c3)n2)C1. The molecule has 0 spiro atoms. The van der Waals surface area contributed by atoms with E-state index in [4.69, 9.17) is 28.9 Å². The van der Waals surface area contributed by atoms with E-state index in [1.54, 1.807) is 40.0 Å². The maximum absolute atomic E-state index is 12.5. The van der Waals surface area contributed by atoms with Gasteiger partial charge in [0.05, 0.1) is 15.7 Å². The summed E-state index contributed by atoms with van der Waals surface area (Å²) in [7, 11) is 0. The van der Waals surface area contributed by atoms with Crippen molar-refractivity contribution in [3.8, 4) is 5.69 Å². The van der Waals surface area contributed by atoms with Gasteiger partial charge in [0.15, 0.2) is 5.69 Å². The number of carbonyl (C=O) groups excluding carboxylic acids is 1. The number of carbonyl (C=O) groups is 1. The zero-order valence-corrected chi connectivity index (χ0v) is 13.4. The first-order valence-electron chi connectivity index (χ1n) is 7.10. The van der Waals surface area contributed by atoms with Gasteiger partial charge in [0, 0.05) is 25.3 Å². The van der Waals surface area contributed by atoms with Gasteiger partial charge in [-0.1, -0.05) is 23.2 Å². The number of likely N-dealkylation sites (tertiary alicyclic amines) is 1. The summed E-state index contributed by atoms with van der Waals surface area (Å²) in [6.45, 7) is 1.31. The van der Waals surface area contributed by atoms with Gasteiger partial charge in [-0.25, -0.2) is 4.68 Å². The Kier molecular flexibility index (Phi) is 4.38. The Balaban J connectivity index is 1.81. The summed E-state index contributed by atoms with van der Waals surface area (Å²) >= 11 is 11.9. The molecule has 3 rings (SSSR count). The number of amides is 1. The van der Waals surface area contributed by atoms with E-state index in [0.717, 1.165) is 25.1 Å². The van der Waals surface area contributed by atoms with Crippen molar-refractivity contribution in [2.75, 3.05) is 13.1 Å². The van der Waals surface area contributed by atoms with Gasteiger partial charge in [0.25, 0.3) is 5.91 Å². The highest BCUT2D eigenvalue weighted by atomic mass is 35.5. The summed E-state index contributed by atoms with van der Waals surface area (Å²) in [4.78, 5) is 14.2. The number of benzene rings is 1. The van der Waals surface area contributed by atoms with Crippen LogP contribution < -0.4 is 5.73 Å². The molecule has 0 aliphatic carbocycles. The number of hydrogen-bond acceptors (Lipinski definition) is 3. The average molecular weight is 339 g/mol. The molecule has 0 bridgehead atoms. The molecular weight excluding hydrogens is 323 g/mol. The summed E-state index contributed by atoms with van der Waals surface area (Å²) in [5, 5.41) is 5.27. The number of nitrogens with zero attached hydrogens (tertiary/aromatic N) is 3. The Labute approximate surface area is 138 Å². The molecule has 2 heterocycles. The number of piperidine rings is 1. The number of nitrogens with two attached hydrogens (primary N) is 1. The maximum Gasteiger partial charge on any atom is 0.274 e. The van der Waals surface area contributed by atoms with Gasteiger partial charge in [0.1, 0.15) is 0 Å². The molecular formula is C15H16Cl2N4O. The lowest BCUT2D eigenvalue weighted by Crippen LogP contribution is -2.45. The van der Waals surface area contributed by atoms with Gasteiger partial charge in [-0.05, 0) is 37.1 Å². The lowest BCUT2D eigenvalue weighted by atomic mass is 10.1. The number of aromatic nitrogens is 2. The summed E-state index contributed by atoms with van der Waals surface area (Å²) in [5.41, 5.74) is 7.08. The highest BCUT2D eigenvalue weighted by Gasteiger charge is 2.23. The molecule has 0 radical (unpaired) electrons. The first kappa shape index (κ1) is 15.3. The largest absolute Gasteiger partial charge is 0.336 e. The molecule has 7 heteroatoms. The van der Waals surface area contributed by atoms with Crippen LogP contribution in [0.1, 0.15) is 23.3 Å². The van der Waals surface area contributed by atoms with Crippen molar-refractivity contribution < 1.29 is 4.79 Å². The minimum atomic E-state index is -0.0889. The van der Waals surface area contributed by atoms with Crippen LogP contribution in [0.15, 0.2) is 30.5 Å². The van der Waals surface area contributed by atoms with Crippen LogP contribution in [0.4, 0.5) is 0 Å². The van der Waals surface area contributed by atoms with Gasteiger partial charge in [0.2, 0.25) is 0 Å². The quantitative estimate of drug-likeness (QED) is 0.915. The Morgan fingerprint density at radius 1 is 1.27 bits per heavy atom. The van der Waals surface area contributed by atoms with E-state index in [-0.39, 0.29) is 11.9 Å². The molecule has 1 aromatic carbocycles. The van der Waals surface area contributed by atoms with Gasteiger partial charge < -0.3 is 10.6 Å². The van der Waals surface area contributed by atoms with Crippen molar-refractivity contribution in [2.24, 2.45) is 5.73 Å². The second-order valence-corrected chi connectivity index (χ2v) is 6.21. The minimum Gasteiger partial charge on any atom is -0.336 e. The van der Waals surface area contributed by atoms with Crippen molar-refractivity contribution in [3.63, 3.8) is 0 Å². The van der Waals surface area contributed by atoms with Gasteiger partial charge >= 0.3 is 0 Å². The van der Waals surface area contributed by atoms with E-state index in [1.165, 1.54) is 0 Å². The van der Waals surface area contributed by atoms with Gasteiger partial charge in [-0.15, -0.1) is 0 Å². The molecule has 1 saturated heterocycles. The van der Waals surface area contributed by atoms with E-state index < -0.39 is 0 Å². The third-order valence-electron chi connectivity index (χ3n) is 3.72. The van der Waals surface area contributed by atoms with Crippen LogP contribution in [0.25, 0.3) is 5.69 Å². The average Bonchev–Trinajstić information content (AvgIpc) is 2.99. The molecule has 1 aliphatic rings. The van der Waals surface area contributed by atoms with Crippen LogP contribution in [-0.2, 0) is 0 Å². The smallest absolute Gasteiger partial charge is 0.274 e. The first-order chi connectivity index (χ1) is 10.5. The molecule has 5 nitrogen and oxygen atoms in total. The van der Waals surface area contributed by atoms with E-state index in [9.17, 15) is 4.79 Å². The Morgan fingerprint density at radius 3 is 2.82 bits per heavy atom. The highest BCUT2D eigenvalue weighted by Crippen LogP contribution is 2.24. The van der Waals surface area contributed by atoms with E-state index in [1.807, 2.05) is 0 Å². The molecule has 1 aromatic heterocycles. The van der Waals surface area contributed by atoms with E-state index in [2.05, 4.69) is 5.10 Å². The maximum atomic E-state index is 12.5. The molecule has 1 fully saturated rings. The summed E-state index contributed by atoms with van der Waals surface area (Å²) in [6.07, 6.45) is 3.62. The van der Waals surface area contributed by atoms with E-state index in [0.29, 0.717) is 22.3 Å². The molecule has 2 N–H and O–H groups in total. The molecule has 116 valence electrons. The summed E-state index contributed by atoms with van der Waals surface area (Å²) in [5.74, 6) is -0.0889. The molecule has 1 aliphatic heterocycles. The van der Waals surface area contributed by atoms with E-state index >= 15 is 0 Å². The molecule has 0 saturated carbocycles. The Morgan fingerprint density at radius 2 is 2.09 bits per heavy atom. The molecule has 2 aromatic rings. The monoisotopic (exact) mass is 338 g/mol. The zero-order chi connectivity index (χ0) is 15.7. The zero-order valence-electron chi connectivity index (χ0n) is 11.9. The van der Waals surface area contributed by atoms with Crippen LogP contribution in [0.2, 0.25) is 10.0 Å². The van der Waals surface area contributed by atoms with Gasteiger partial charge in [-0.3, -0.25) is 4.79 Å². The molecule has 22 heavy (non-hydrogen) atoms. The second kappa shape index (κ2) is 6.28. The van der Waals surface area contributed by atoms with Gasteiger partial charge in [-0.2, -0.15) is 5.10 Å². The predicted molar refractivity (Wildman–Crippen MR) is 86.7 cm³/mol. The molecule has 1 amide bonds. The number of rotatable bonds is 2. The lowest BCUT2D eigenvalue weighted by Gasteiger charge is -2.30. The predicted octanol–water partition coefficient (Wildman–Crippen LogP) is 2.74. The van der Waals surface area contributed by atoms with Crippen molar-refractivity contribution in [2.45, 2.75) is 18.9 Å². The molecule has 1 atom stereocenters. The van der Waals surface area contributed by atoms with Crippen LogP contribution >= 0.6 is 23.2 Å².